The molecule has 1 nitrogen and oxygen atoms in total. The van der Waals surface area contributed by atoms with Gasteiger partial charge >= 0.3 is 0 Å². The van der Waals surface area contributed by atoms with Gasteiger partial charge in [0, 0.05) is 12.3 Å². The van der Waals surface area contributed by atoms with E-state index in [4.69, 9.17) is 0 Å². The molecule has 0 aliphatic carbocycles. The quantitative estimate of drug-likeness (QED) is 0.718. The number of carbonyl (C=O) groups is 1. The summed E-state index contributed by atoms with van der Waals surface area (Å²) in [6.07, 6.45) is 1.87. The topological polar surface area (TPSA) is 17.1 Å². The van der Waals surface area contributed by atoms with E-state index in [9.17, 15) is 4.79 Å². The van der Waals surface area contributed by atoms with Gasteiger partial charge in [0.1, 0.15) is 0 Å². The molecule has 2 aromatic carbocycles. The van der Waals surface area contributed by atoms with Crippen molar-refractivity contribution in [3.63, 3.8) is 0 Å². The molecule has 2 rings (SSSR count). The molecule has 0 atom stereocenters. The highest BCUT2D eigenvalue weighted by atomic mass is 16.1. The van der Waals surface area contributed by atoms with Crippen LogP contribution in [-0.2, 0) is 4.79 Å². The summed E-state index contributed by atoms with van der Waals surface area (Å²) in [5.74, 6) is 0.186. The highest BCUT2D eigenvalue weighted by Crippen LogP contribution is 2.28. The highest BCUT2D eigenvalue weighted by molar-refractivity contribution is 5.90. The molecule has 18 heavy (non-hydrogen) atoms. The lowest BCUT2D eigenvalue weighted by Gasteiger charge is -2.16. The van der Waals surface area contributed by atoms with Crippen LogP contribution in [0.2, 0.25) is 0 Å². The summed E-state index contributed by atoms with van der Waals surface area (Å²) in [4.78, 5) is 11.7. The second kappa shape index (κ2) is 5.97. The zero-order valence-corrected chi connectivity index (χ0v) is 10.3. The summed E-state index contributed by atoms with van der Waals surface area (Å²) in [5.41, 5.74) is 2.33. The standard InChI is InChI=1S/C17H16O/c1-2-16(18)13-17(14-9-5-3-6-10-14)15-11-7-4-8-12-15/h2-12,17H,1,13H2. The first-order valence-corrected chi connectivity index (χ1v) is 6.06. The molecule has 0 aliphatic heterocycles. The van der Waals surface area contributed by atoms with Crippen molar-refractivity contribution in [2.24, 2.45) is 0 Å². The molecular formula is C17H16O. The fraction of sp³-hybridized carbons (Fsp3) is 0.118. The van der Waals surface area contributed by atoms with E-state index in [1.165, 1.54) is 17.2 Å². The molecule has 0 bridgehead atoms. The largest absolute Gasteiger partial charge is 0.295 e. The fourth-order valence-corrected chi connectivity index (χ4v) is 2.08. The maximum absolute atomic E-state index is 11.7. The minimum Gasteiger partial charge on any atom is -0.295 e. The summed E-state index contributed by atoms with van der Waals surface area (Å²) in [6.45, 7) is 3.55. The van der Waals surface area contributed by atoms with Gasteiger partial charge in [-0.3, -0.25) is 4.79 Å². The van der Waals surface area contributed by atoms with Gasteiger partial charge in [-0.2, -0.15) is 0 Å². The van der Waals surface area contributed by atoms with Crippen LogP contribution < -0.4 is 0 Å². The van der Waals surface area contributed by atoms with Gasteiger partial charge in [0.2, 0.25) is 0 Å². The molecule has 0 spiro atoms. The van der Waals surface area contributed by atoms with E-state index in [1.54, 1.807) is 0 Å². The number of benzene rings is 2. The Bertz CT molecular complexity index is 474. The summed E-state index contributed by atoms with van der Waals surface area (Å²) in [7, 11) is 0. The van der Waals surface area contributed by atoms with E-state index >= 15 is 0 Å². The van der Waals surface area contributed by atoms with Gasteiger partial charge in [0.25, 0.3) is 0 Å². The monoisotopic (exact) mass is 236 g/mol. The van der Waals surface area contributed by atoms with E-state index in [-0.39, 0.29) is 11.7 Å². The number of rotatable bonds is 5. The molecule has 0 aromatic heterocycles. The first-order valence-electron chi connectivity index (χ1n) is 6.06. The Morgan fingerprint density at radius 1 is 0.944 bits per heavy atom. The molecule has 90 valence electrons. The number of carbonyl (C=O) groups excluding carboxylic acids is 1. The molecule has 1 heteroatoms. The minimum absolute atomic E-state index is 0.0766. The maximum Gasteiger partial charge on any atom is 0.156 e. The van der Waals surface area contributed by atoms with Crippen LogP contribution in [0.3, 0.4) is 0 Å². The van der Waals surface area contributed by atoms with E-state index < -0.39 is 0 Å². The zero-order chi connectivity index (χ0) is 12.8. The number of hydrogen-bond donors (Lipinski definition) is 0. The molecule has 0 saturated heterocycles. The smallest absolute Gasteiger partial charge is 0.156 e. The molecule has 0 heterocycles. The van der Waals surface area contributed by atoms with Crippen LogP contribution in [0.15, 0.2) is 73.3 Å². The van der Waals surface area contributed by atoms with Gasteiger partial charge < -0.3 is 0 Å². The van der Waals surface area contributed by atoms with Crippen LogP contribution in [0.1, 0.15) is 23.5 Å². The summed E-state index contributed by atoms with van der Waals surface area (Å²) < 4.78 is 0. The SMILES string of the molecule is C=CC(=O)CC(c1ccccc1)c1ccccc1. The Kier molecular flexibility index (Phi) is 4.08. The second-order valence-corrected chi connectivity index (χ2v) is 4.25. The average Bonchev–Trinajstić information content (AvgIpc) is 2.46. The Balaban J connectivity index is 2.35. The molecule has 0 aliphatic rings. The van der Waals surface area contributed by atoms with Crippen molar-refractivity contribution in [3.05, 3.63) is 84.4 Å². The third kappa shape index (κ3) is 2.95. The average molecular weight is 236 g/mol. The van der Waals surface area contributed by atoms with Crippen molar-refractivity contribution < 1.29 is 4.79 Å². The van der Waals surface area contributed by atoms with Gasteiger partial charge in [0.05, 0.1) is 0 Å². The van der Waals surface area contributed by atoms with E-state index in [2.05, 4.69) is 30.8 Å². The Labute approximate surface area is 108 Å². The first-order chi connectivity index (χ1) is 8.81. The van der Waals surface area contributed by atoms with Gasteiger partial charge in [-0.15, -0.1) is 0 Å². The normalized spacial score (nSPS) is 10.3. The Hall–Kier alpha value is -2.15. The Morgan fingerprint density at radius 2 is 1.39 bits per heavy atom. The summed E-state index contributed by atoms with van der Waals surface area (Å²) >= 11 is 0. The predicted octanol–water partition coefficient (Wildman–Crippen LogP) is 3.96. The molecule has 0 N–H and O–H groups in total. The molecule has 0 fully saturated rings. The third-order valence-corrected chi connectivity index (χ3v) is 3.04. The third-order valence-electron chi connectivity index (χ3n) is 3.04. The van der Waals surface area contributed by atoms with Gasteiger partial charge in [-0.25, -0.2) is 0 Å². The van der Waals surface area contributed by atoms with Gasteiger partial charge in [0.15, 0.2) is 5.78 Å². The molecule has 0 saturated carbocycles. The minimum atomic E-state index is 0.0766. The van der Waals surface area contributed by atoms with E-state index in [1.807, 2.05) is 36.4 Å². The molecule has 0 amide bonds. The van der Waals surface area contributed by atoms with Crippen molar-refractivity contribution in [2.75, 3.05) is 0 Å². The maximum atomic E-state index is 11.7. The molecular weight excluding hydrogens is 220 g/mol. The first kappa shape index (κ1) is 12.3. The second-order valence-electron chi connectivity index (χ2n) is 4.25. The van der Waals surface area contributed by atoms with Crippen molar-refractivity contribution in [1.82, 2.24) is 0 Å². The summed E-state index contributed by atoms with van der Waals surface area (Å²) in [5, 5.41) is 0. The van der Waals surface area contributed by atoms with Crippen LogP contribution in [-0.4, -0.2) is 5.78 Å². The zero-order valence-electron chi connectivity index (χ0n) is 10.3. The Morgan fingerprint density at radius 3 is 1.78 bits per heavy atom. The van der Waals surface area contributed by atoms with Crippen molar-refractivity contribution in [3.8, 4) is 0 Å². The van der Waals surface area contributed by atoms with Crippen molar-refractivity contribution in [2.45, 2.75) is 12.3 Å². The number of ketones is 1. The van der Waals surface area contributed by atoms with Crippen LogP contribution in [0, 0.1) is 0 Å². The molecule has 0 unspecified atom stereocenters. The number of hydrogen-bond acceptors (Lipinski definition) is 1. The molecule has 2 aromatic rings. The van der Waals surface area contributed by atoms with Gasteiger partial charge in [-0.1, -0.05) is 67.2 Å². The summed E-state index contributed by atoms with van der Waals surface area (Å²) in [6, 6.07) is 20.2. The lowest BCUT2D eigenvalue weighted by Crippen LogP contribution is -2.06. The van der Waals surface area contributed by atoms with Crippen molar-refractivity contribution >= 4 is 5.78 Å². The van der Waals surface area contributed by atoms with Crippen LogP contribution in [0.4, 0.5) is 0 Å². The van der Waals surface area contributed by atoms with Crippen LogP contribution in [0.5, 0.6) is 0 Å². The number of allylic oxidation sites excluding steroid dienone is 1. The van der Waals surface area contributed by atoms with Crippen LogP contribution in [0.25, 0.3) is 0 Å². The highest BCUT2D eigenvalue weighted by Gasteiger charge is 2.16. The predicted molar refractivity (Wildman–Crippen MR) is 74.5 cm³/mol. The van der Waals surface area contributed by atoms with Crippen molar-refractivity contribution in [1.29, 1.82) is 0 Å². The lowest BCUT2D eigenvalue weighted by molar-refractivity contribution is -0.114. The molecule has 0 radical (unpaired) electrons. The van der Waals surface area contributed by atoms with Gasteiger partial charge in [-0.05, 0) is 17.2 Å². The van der Waals surface area contributed by atoms with Crippen LogP contribution >= 0.6 is 0 Å². The lowest BCUT2D eigenvalue weighted by atomic mass is 9.87. The van der Waals surface area contributed by atoms with E-state index in [0.717, 1.165) is 0 Å². The fourth-order valence-electron chi connectivity index (χ4n) is 2.08. The van der Waals surface area contributed by atoms with E-state index in [0.29, 0.717) is 6.42 Å².